The number of methoxy groups -OCH3 is 1. The van der Waals surface area contributed by atoms with Crippen molar-refractivity contribution >= 4 is 24.9 Å². The number of benzene rings is 2. The second-order valence-electron chi connectivity index (χ2n) is 11.0. The fraction of sp³-hybridized carbons (Fsp3) is 0.552. The van der Waals surface area contributed by atoms with E-state index in [4.69, 9.17) is 14.3 Å². The lowest BCUT2D eigenvalue weighted by Gasteiger charge is -2.43. The third-order valence-corrected chi connectivity index (χ3v) is 12.0. The van der Waals surface area contributed by atoms with Gasteiger partial charge in [0.15, 0.2) is 0 Å². The zero-order chi connectivity index (χ0) is 24.6. The Morgan fingerprint density at radius 2 is 1.62 bits per heavy atom. The summed E-state index contributed by atoms with van der Waals surface area (Å²) in [5.74, 6) is 0.845. The topological polar surface area (TPSA) is 34.1 Å². The smallest absolute Gasteiger partial charge is 0.261 e. The maximum Gasteiger partial charge on any atom is 0.261 e. The fourth-order valence-electron chi connectivity index (χ4n) is 5.33. The van der Waals surface area contributed by atoms with E-state index in [1.54, 1.807) is 7.11 Å². The Labute approximate surface area is 208 Å². The summed E-state index contributed by atoms with van der Waals surface area (Å²) in [6.45, 7) is 14.1. The van der Waals surface area contributed by atoms with Gasteiger partial charge in [-0.1, -0.05) is 95.3 Å². The average molecular weight is 481 g/mol. The van der Waals surface area contributed by atoms with Crippen molar-refractivity contribution in [3.63, 3.8) is 0 Å². The molecule has 1 fully saturated rings. The van der Waals surface area contributed by atoms with Crippen molar-refractivity contribution in [1.82, 2.24) is 5.01 Å². The second-order valence-corrected chi connectivity index (χ2v) is 15.3. The Bertz CT molecular complexity index is 843. The Hall–Kier alpha value is -1.95. The van der Waals surface area contributed by atoms with E-state index in [9.17, 15) is 0 Å². The molecule has 3 atom stereocenters. The highest BCUT2D eigenvalue weighted by atomic mass is 28.4. The predicted molar refractivity (Wildman–Crippen MR) is 147 cm³/mol. The van der Waals surface area contributed by atoms with Gasteiger partial charge in [0.1, 0.15) is 0 Å². The zero-order valence-electron chi connectivity index (χ0n) is 22.0. The van der Waals surface area contributed by atoms with Crippen LogP contribution in [0.1, 0.15) is 53.9 Å². The summed E-state index contributed by atoms with van der Waals surface area (Å²) in [5, 5.41) is 9.72. The van der Waals surface area contributed by atoms with Crippen LogP contribution < -0.4 is 10.4 Å². The lowest BCUT2D eigenvalue weighted by molar-refractivity contribution is 0.118. The molecule has 2 aromatic rings. The first-order chi connectivity index (χ1) is 16.3. The van der Waals surface area contributed by atoms with E-state index < -0.39 is 8.32 Å². The molecule has 34 heavy (non-hydrogen) atoms. The Balaban J connectivity index is 1.72. The highest BCUT2D eigenvalue weighted by Crippen LogP contribution is 2.37. The van der Waals surface area contributed by atoms with E-state index in [0.29, 0.717) is 17.9 Å². The summed E-state index contributed by atoms with van der Waals surface area (Å²) in [5.41, 5.74) is 0. The largest absolute Gasteiger partial charge is 0.407 e. The fourth-order valence-corrected chi connectivity index (χ4v) is 10.0. The summed E-state index contributed by atoms with van der Waals surface area (Å²) in [6.07, 6.45) is 5.56. The first-order valence-corrected chi connectivity index (χ1v) is 14.7. The molecule has 0 N–H and O–H groups in total. The normalized spacial score (nSPS) is 19.0. The Morgan fingerprint density at radius 1 is 1.03 bits per heavy atom. The van der Waals surface area contributed by atoms with Gasteiger partial charge in [0.2, 0.25) is 0 Å². The molecule has 5 heteroatoms. The number of hydrogen-bond donors (Lipinski definition) is 0. The molecule has 3 rings (SSSR count). The SMILES string of the molecule is COC[C@@H]1CCCN1/N=C/[C@@H](C)C[C@@H](C)CO[Si](c1ccccc1)(c1ccccc1)C(C)(C)C. The maximum atomic E-state index is 7.12. The molecule has 1 saturated heterocycles. The van der Waals surface area contributed by atoms with Gasteiger partial charge in [0.05, 0.1) is 12.6 Å². The van der Waals surface area contributed by atoms with Crippen molar-refractivity contribution in [3.05, 3.63) is 60.7 Å². The van der Waals surface area contributed by atoms with Crippen LogP contribution in [-0.2, 0) is 9.16 Å². The van der Waals surface area contributed by atoms with Gasteiger partial charge in [-0.3, -0.25) is 5.01 Å². The number of nitrogens with zero attached hydrogens (tertiary/aromatic N) is 2. The van der Waals surface area contributed by atoms with Gasteiger partial charge in [-0.15, -0.1) is 0 Å². The van der Waals surface area contributed by atoms with Crippen molar-refractivity contribution in [2.45, 2.75) is 65.0 Å². The molecular formula is C29H44N2O2Si. The second kappa shape index (κ2) is 12.1. The minimum absolute atomic E-state index is 0.00855. The van der Waals surface area contributed by atoms with Crippen molar-refractivity contribution < 1.29 is 9.16 Å². The van der Waals surface area contributed by atoms with Gasteiger partial charge >= 0.3 is 0 Å². The van der Waals surface area contributed by atoms with E-state index in [-0.39, 0.29) is 5.04 Å². The van der Waals surface area contributed by atoms with Crippen LogP contribution in [-0.4, -0.2) is 52.5 Å². The van der Waals surface area contributed by atoms with E-state index >= 15 is 0 Å². The number of ether oxygens (including phenoxy) is 1. The first kappa shape index (κ1) is 26.6. The molecule has 1 aliphatic heterocycles. The van der Waals surface area contributed by atoms with E-state index in [1.165, 1.54) is 23.2 Å². The summed E-state index contributed by atoms with van der Waals surface area (Å²) in [6, 6.07) is 22.2. The first-order valence-electron chi connectivity index (χ1n) is 12.8. The molecule has 2 aromatic carbocycles. The monoisotopic (exact) mass is 480 g/mol. The molecular weight excluding hydrogens is 436 g/mol. The summed E-state index contributed by atoms with van der Waals surface area (Å²) in [7, 11) is -0.703. The molecule has 1 heterocycles. The van der Waals surface area contributed by atoms with Gasteiger partial charge < -0.3 is 9.16 Å². The number of hydrazone groups is 1. The average Bonchev–Trinajstić information content (AvgIpc) is 3.26. The van der Waals surface area contributed by atoms with Crippen molar-refractivity contribution in [1.29, 1.82) is 0 Å². The van der Waals surface area contributed by atoms with Crippen molar-refractivity contribution in [2.75, 3.05) is 26.9 Å². The van der Waals surface area contributed by atoms with Crippen molar-refractivity contribution in [2.24, 2.45) is 16.9 Å². The molecule has 0 unspecified atom stereocenters. The van der Waals surface area contributed by atoms with Gasteiger partial charge in [-0.05, 0) is 46.5 Å². The van der Waals surface area contributed by atoms with Crippen LogP contribution in [0.3, 0.4) is 0 Å². The summed E-state index contributed by atoms with van der Waals surface area (Å²) < 4.78 is 12.5. The lowest BCUT2D eigenvalue weighted by atomic mass is 9.99. The predicted octanol–water partition coefficient (Wildman–Crippen LogP) is 5.32. The molecule has 0 spiro atoms. The maximum absolute atomic E-state index is 7.12. The van der Waals surface area contributed by atoms with Gasteiger partial charge in [0, 0.05) is 26.5 Å². The molecule has 1 aliphatic rings. The summed E-state index contributed by atoms with van der Waals surface area (Å²) in [4.78, 5) is 0. The third-order valence-electron chi connectivity index (χ3n) is 6.95. The Kier molecular flexibility index (Phi) is 9.52. The van der Waals surface area contributed by atoms with Gasteiger partial charge in [-0.2, -0.15) is 5.10 Å². The molecule has 0 amide bonds. The van der Waals surface area contributed by atoms with Crippen LogP contribution in [0, 0.1) is 11.8 Å². The molecule has 4 nitrogen and oxygen atoms in total. The number of rotatable bonds is 11. The standard InChI is InChI=1S/C29H44N2O2Si/c1-24(21-30-31-19-13-14-26(31)23-32-6)20-25(2)22-33-34(29(3,4)5,27-15-9-7-10-16-27)28-17-11-8-12-18-28/h7-12,15-18,21,24-26H,13-14,19-20,22-23H2,1-6H3/b30-21+/t24-,25+,26-/m0/s1. The van der Waals surface area contributed by atoms with Crippen LogP contribution >= 0.6 is 0 Å². The minimum atomic E-state index is -2.48. The zero-order valence-corrected chi connectivity index (χ0v) is 23.0. The minimum Gasteiger partial charge on any atom is -0.407 e. The van der Waals surface area contributed by atoms with Gasteiger partial charge in [-0.25, -0.2) is 0 Å². The highest BCUT2D eigenvalue weighted by Gasteiger charge is 2.50. The van der Waals surface area contributed by atoms with E-state index in [1.807, 2.05) is 0 Å². The molecule has 0 saturated carbocycles. The van der Waals surface area contributed by atoms with E-state index in [0.717, 1.165) is 26.2 Å². The quantitative estimate of drug-likeness (QED) is 0.322. The van der Waals surface area contributed by atoms with Crippen molar-refractivity contribution in [3.8, 4) is 0 Å². The molecule has 186 valence electrons. The van der Waals surface area contributed by atoms with Gasteiger partial charge in [0.25, 0.3) is 8.32 Å². The van der Waals surface area contributed by atoms with Crippen LogP contribution in [0.5, 0.6) is 0 Å². The Morgan fingerprint density at radius 3 is 2.15 bits per heavy atom. The van der Waals surface area contributed by atoms with Crippen LogP contribution in [0.15, 0.2) is 65.8 Å². The third kappa shape index (κ3) is 6.38. The van der Waals surface area contributed by atoms with Crippen LogP contribution in [0.4, 0.5) is 0 Å². The summed E-state index contributed by atoms with van der Waals surface area (Å²) >= 11 is 0. The highest BCUT2D eigenvalue weighted by molar-refractivity contribution is 6.99. The molecule has 0 bridgehead atoms. The molecule has 0 radical (unpaired) electrons. The number of hydrogen-bond acceptors (Lipinski definition) is 4. The van der Waals surface area contributed by atoms with Crippen LogP contribution in [0.25, 0.3) is 0 Å². The van der Waals surface area contributed by atoms with Crippen LogP contribution in [0.2, 0.25) is 5.04 Å². The molecule has 0 aliphatic carbocycles. The molecule has 0 aromatic heterocycles. The lowest BCUT2D eigenvalue weighted by Crippen LogP contribution is -2.66. The van der Waals surface area contributed by atoms with E-state index in [2.05, 4.69) is 107 Å².